The number of aliphatic imine (C=N–C) groups is 1. The summed E-state index contributed by atoms with van der Waals surface area (Å²) in [6.07, 6.45) is 1.04. The van der Waals surface area contributed by atoms with E-state index in [4.69, 9.17) is 9.98 Å². The summed E-state index contributed by atoms with van der Waals surface area (Å²) in [7, 11) is 0. The highest BCUT2D eigenvalue weighted by Crippen LogP contribution is 2.26. The molecule has 0 amide bonds. The van der Waals surface area contributed by atoms with E-state index in [2.05, 4.69) is 68.2 Å². The average molecular weight is 332 g/mol. The van der Waals surface area contributed by atoms with Crippen LogP contribution in [0.5, 0.6) is 0 Å². The number of para-hydroxylation sites is 2. The summed E-state index contributed by atoms with van der Waals surface area (Å²) in [6.45, 7) is 3.25. The summed E-state index contributed by atoms with van der Waals surface area (Å²) in [5, 5.41) is 3.44. The molecule has 0 unspecified atom stereocenters. The van der Waals surface area contributed by atoms with Crippen molar-refractivity contribution in [1.82, 2.24) is 19.8 Å². The first-order valence-electron chi connectivity index (χ1n) is 8.66. The van der Waals surface area contributed by atoms with Crippen LogP contribution in [0, 0.1) is 0 Å². The Morgan fingerprint density at radius 1 is 1.00 bits per heavy atom. The van der Waals surface area contributed by atoms with Crippen LogP contribution in [-0.4, -0.2) is 40.3 Å². The number of nitrogens with zero attached hydrogens (tertiary/aromatic N) is 5. The van der Waals surface area contributed by atoms with Crippen molar-refractivity contribution in [2.75, 3.05) is 24.8 Å². The summed E-state index contributed by atoms with van der Waals surface area (Å²) in [4.78, 5) is 14.1. The molecule has 5 rings (SSSR count). The van der Waals surface area contributed by atoms with E-state index in [1.165, 1.54) is 5.56 Å². The van der Waals surface area contributed by atoms with E-state index in [1.807, 2.05) is 6.07 Å². The van der Waals surface area contributed by atoms with Gasteiger partial charge < -0.3 is 5.32 Å². The fourth-order valence-electron chi connectivity index (χ4n) is 3.52. The number of aromatic nitrogens is 2. The molecule has 0 radical (unpaired) electrons. The molecule has 25 heavy (non-hydrogen) atoms. The topological polar surface area (TPSA) is 48.7 Å². The molecule has 1 aromatic heterocycles. The van der Waals surface area contributed by atoms with Crippen LogP contribution in [0.1, 0.15) is 5.56 Å². The lowest BCUT2D eigenvalue weighted by Crippen LogP contribution is -2.59. The van der Waals surface area contributed by atoms with Crippen LogP contribution < -0.4 is 10.2 Å². The Bertz CT molecular complexity index is 929. The van der Waals surface area contributed by atoms with Gasteiger partial charge in [-0.3, -0.25) is 14.4 Å². The van der Waals surface area contributed by atoms with Crippen LogP contribution in [0.2, 0.25) is 0 Å². The highest BCUT2D eigenvalue weighted by atomic mass is 15.5. The molecule has 2 aliphatic heterocycles. The molecule has 0 bridgehead atoms. The first-order chi connectivity index (χ1) is 12.4. The Morgan fingerprint density at radius 2 is 1.84 bits per heavy atom. The summed E-state index contributed by atoms with van der Waals surface area (Å²) < 4.78 is 2.18. The van der Waals surface area contributed by atoms with Crippen LogP contribution in [-0.2, 0) is 13.1 Å². The maximum absolute atomic E-state index is 4.83. The van der Waals surface area contributed by atoms with E-state index >= 15 is 0 Å². The van der Waals surface area contributed by atoms with Gasteiger partial charge in [0.15, 0.2) is 0 Å². The Morgan fingerprint density at radius 3 is 2.76 bits per heavy atom. The van der Waals surface area contributed by atoms with Crippen molar-refractivity contribution in [2.45, 2.75) is 13.1 Å². The zero-order valence-corrected chi connectivity index (χ0v) is 14.0. The molecule has 1 N–H and O–H groups in total. The summed E-state index contributed by atoms with van der Waals surface area (Å²) in [6, 6.07) is 18.9. The van der Waals surface area contributed by atoms with Crippen molar-refractivity contribution in [3.05, 3.63) is 60.2 Å². The molecular weight excluding hydrogens is 312 g/mol. The first kappa shape index (κ1) is 14.5. The highest BCUT2D eigenvalue weighted by molar-refractivity contribution is 5.97. The first-order valence-corrected chi connectivity index (χ1v) is 8.66. The summed E-state index contributed by atoms with van der Waals surface area (Å²) in [5.41, 5.74) is 3.53. The molecule has 6 nitrogen and oxygen atoms in total. The molecule has 3 heterocycles. The van der Waals surface area contributed by atoms with Gasteiger partial charge in [-0.25, -0.2) is 9.98 Å². The van der Waals surface area contributed by atoms with Gasteiger partial charge in [-0.05, 0) is 24.1 Å². The van der Waals surface area contributed by atoms with Gasteiger partial charge in [0, 0.05) is 6.54 Å². The minimum atomic E-state index is 0.624. The predicted molar refractivity (Wildman–Crippen MR) is 99.4 cm³/mol. The summed E-state index contributed by atoms with van der Waals surface area (Å²) in [5.74, 6) is 1.90. The van der Waals surface area contributed by atoms with Crippen LogP contribution >= 0.6 is 0 Å². The molecular formula is C19H20N6. The lowest BCUT2D eigenvalue weighted by molar-refractivity contribution is 0.258. The number of hydrogen-bond donors (Lipinski definition) is 1. The Kier molecular flexibility index (Phi) is 3.41. The third-order valence-electron chi connectivity index (χ3n) is 4.86. The van der Waals surface area contributed by atoms with Crippen molar-refractivity contribution in [3.63, 3.8) is 0 Å². The van der Waals surface area contributed by atoms with Gasteiger partial charge in [-0.1, -0.05) is 42.5 Å². The summed E-state index contributed by atoms with van der Waals surface area (Å²) >= 11 is 0. The molecule has 0 saturated carbocycles. The second-order valence-electron chi connectivity index (χ2n) is 6.49. The smallest absolute Gasteiger partial charge is 0.216 e. The fraction of sp³-hybridized carbons (Fsp3) is 0.263. The van der Waals surface area contributed by atoms with Crippen molar-refractivity contribution >= 4 is 22.9 Å². The van der Waals surface area contributed by atoms with Crippen molar-refractivity contribution in [3.8, 4) is 0 Å². The van der Waals surface area contributed by atoms with Gasteiger partial charge >= 0.3 is 0 Å². The zero-order valence-electron chi connectivity index (χ0n) is 14.0. The maximum atomic E-state index is 4.83. The molecule has 0 aliphatic carbocycles. The fourth-order valence-corrected chi connectivity index (χ4v) is 3.52. The van der Waals surface area contributed by atoms with Gasteiger partial charge in [-0.2, -0.15) is 0 Å². The van der Waals surface area contributed by atoms with E-state index in [0.717, 1.165) is 49.2 Å². The monoisotopic (exact) mass is 332 g/mol. The molecule has 0 atom stereocenters. The van der Waals surface area contributed by atoms with Gasteiger partial charge in [0.25, 0.3) is 0 Å². The number of fused-ring (bicyclic) bond motifs is 5. The number of hydrogen-bond acceptors (Lipinski definition) is 5. The van der Waals surface area contributed by atoms with E-state index in [9.17, 15) is 0 Å². The lowest BCUT2D eigenvalue weighted by atomic mass is 10.1. The van der Waals surface area contributed by atoms with E-state index in [-0.39, 0.29) is 0 Å². The molecule has 0 spiro atoms. The predicted octanol–water partition coefficient (Wildman–Crippen LogP) is 2.23. The number of anilines is 1. The van der Waals surface area contributed by atoms with E-state index < -0.39 is 0 Å². The van der Waals surface area contributed by atoms with Crippen molar-refractivity contribution in [2.24, 2.45) is 4.99 Å². The number of benzene rings is 2. The zero-order chi connectivity index (χ0) is 16.6. The molecule has 2 aromatic carbocycles. The third kappa shape index (κ3) is 2.55. The van der Waals surface area contributed by atoms with Crippen LogP contribution in [0.4, 0.5) is 5.95 Å². The molecule has 6 heteroatoms. The van der Waals surface area contributed by atoms with Gasteiger partial charge in [-0.15, -0.1) is 0 Å². The third-order valence-corrected chi connectivity index (χ3v) is 4.86. The minimum absolute atomic E-state index is 0.624. The Hall–Kier alpha value is -2.86. The SMILES string of the molecule is c1ccc(CCN2CNC3=NCn4c(nc5ccccc54)N3C2)cc1. The van der Waals surface area contributed by atoms with Crippen LogP contribution in [0.3, 0.4) is 0 Å². The normalized spacial score (nSPS) is 17.0. The second kappa shape index (κ2) is 5.89. The quantitative estimate of drug-likeness (QED) is 0.799. The lowest BCUT2D eigenvalue weighted by Gasteiger charge is -2.39. The van der Waals surface area contributed by atoms with Crippen LogP contribution in [0.25, 0.3) is 11.0 Å². The van der Waals surface area contributed by atoms with Crippen molar-refractivity contribution < 1.29 is 0 Å². The van der Waals surface area contributed by atoms with Gasteiger partial charge in [0.1, 0.15) is 6.67 Å². The van der Waals surface area contributed by atoms with Crippen molar-refractivity contribution in [1.29, 1.82) is 0 Å². The van der Waals surface area contributed by atoms with Crippen LogP contribution in [0.15, 0.2) is 59.6 Å². The average Bonchev–Trinajstić information content (AvgIpc) is 3.06. The molecule has 2 aliphatic rings. The Labute approximate surface area is 146 Å². The highest BCUT2D eigenvalue weighted by Gasteiger charge is 2.29. The van der Waals surface area contributed by atoms with Gasteiger partial charge in [0.05, 0.1) is 24.4 Å². The Balaban J connectivity index is 1.37. The molecule has 3 aromatic rings. The maximum Gasteiger partial charge on any atom is 0.216 e. The largest absolute Gasteiger partial charge is 0.343 e. The molecule has 1 saturated heterocycles. The number of guanidine groups is 1. The standard InChI is InChI=1S/C19H20N6/c1-2-6-15(7-3-1)10-11-23-12-20-18-21-13-24-17-9-5-4-8-16(17)22-19(24)25(18)14-23/h1-9H,10-14H2,(H,20,21). The second-order valence-corrected chi connectivity index (χ2v) is 6.49. The number of imidazole rings is 1. The minimum Gasteiger partial charge on any atom is -0.343 e. The van der Waals surface area contributed by atoms with E-state index in [0.29, 0.717) is 6.67 Å². The number of rotatable bonds is 3. The van der Waals surface area contributed by atoms with E-state index in [1.54, 1.807) is 0 Å². The number of nitrogens with one attached hydrogen (secondary N) is 1. The van der Waals surface area contributed by atoms with Gasteiger partial charge in [0.2, 0.25) is 11.9 Å². The molecule has 126 valence electrons. The molecule has 1 fully saturated rings.